The predicted molar refractivity (Wildman–Crippen MR) is 76.0 cm³/mol. The van der Waals surface area contributed by atoms with Crippen molar-refractivity contribution in [1.82, 2.24) is 10.3 Å². The smallest absolute Gasteiger partial charge is 0.0702 e. The van der Waals surface area contributed by atoms with Crippen LogP contribution in [-0.2, 0) is 11.2 Å². The number of pyridine rings is 1. The summed E-state index contributed by atoms with van der Waals surface area (Å²) < 4.78 is 5.49. The van der Waals surface area contributed by atoms with Crippen LogP contribution >= 0.6 is 0 Å². The van der Waals surface area contributed by atoms with Crippen molar-refractivity contribution < 1.29 is 4.74 Å². The zero-order valence-electron chi connectivity index (χ0n) is 10.9. The summed E-state index contributed by atoms with van der Waals surface area (Å²) in [5.74, 6) is 0. The van der Waals surface area contributed by atoms with E-state index in [2.05, 4.69) is 34.6 Å². The summed E-state index contributed by atoms with van der Waals surface area (Å²) in [5.41, 5.74) is 3.53. The van der Waals surface area contributed by atoms with Crippen molar-refractivity contribution in [3.8, 4) is 11.3 Å². The molecule has 1 aliphatic heterocycles. The quantitative estimate of drug-likeness (QED) is 0.912. The molecule has 98 valence electrons. The average molecular weight is 254 g/mol. The Labute approximate surface area is 113 Å². The monoisotopic (exact) mass is 254 g/mol. The molecule has 19 heavy (non-hydrogen) atoms. The van der Waals surface area contributed by atoms with Gasteiger partial charge in [-0.2, -0.15) is 0 Å². The van der Waals surface area contributed by atoms with E-state index in [0.717, 1.165) is 31.9 Å². The highest BCUT2D eigenvalue weighted by Gasteiger charge is 2.13. The first kappa shape index (κ1) is 12.3. The number of benzene rings is 1. The molecule has 0 spiro atoms. The molecular weight excluding hydrogens is 236 g/mol. The van der Waals surface area contributed by atoms with Gasteiger partial charge in [0.15, 0.2) is 0 Å². The zero-order valence-corrected chi connectivity index (χ0v) is 10.9. The zero-order chi connectivity index (χ0) is 12.9. The lowest BCUT2D eigenvalue weighted by Crippen LogP contribution is -2.42. The molecular formula is C16H18N2O. The van der Waals surface area contributed by atoms with E-state index >= 15 is 0 Å². The van der Waals surface area contributed by atoms with Gasteiger partial charge in [0.05, 0.1) is 18.9 Å². The van der Waals surface area contributed by atoms with E-state index in [0.29, 0.717) is 6.04 Å². The average Bonchev–Trinajstić information content (AvgIpc) is 2.49. The van der Waals surface area contributed by atoms with Gasteiger partial charge in [-0.1, -0.05) is 24.3 Å². The van der Waals surface area contributed by atoms with Crippen LogP contribution in [0, 0.1) is 0 Å². The summed E-state index contributed by atoms with van der Waals surface area (Å²) in [7, 11) is 0. The minimum atomic E-state index is 0.424. The van der Waals surface area contributed by atoms with Crippen LogP contribution in [0.2, 0.25) is 0 Å². The van der Waals surface area contributed by atoms with Gasteiger partial charge in [-0.3, -0.25) is 4.98 Å². The van der Waals surface area contributed by atoms with Gasteiger partial charge in [-0.05, 0) is 30.2 Å². The Kier molecular flexibility index (Phi) is 3.86. The second-order valence-corrected chi connectivity index (χ2v) is 4.85. The van der Waals surface area contributed by atoms with Crippen LogP contribution in [0.3, 0.4) is 0 Å². The van der Waals surface area contributed by atoms with E-state index < -0.39 is 0 Å². The van der Waals surface area contributed by atoms with Gasteiger partial charge in [-0.15, -0.1) is 0 Å². The summed E-state index contributed by atoms with van der Waals surface area (Å²) in [6, 6.07) is 15.0. The first-order chi connectivity index (χ1) is 9.42. The number of aromatic nitrogens is 1. The molecule has 1 aliphatic rings. The Morgan fingerprint density at radius 1 is 1.21 bits per heavy atom. The van der Waals surface area contributed by atoms with Crippen molar-refractivity contribution in [3.05, 3.63) is 54.2 Å². The van der Waals surface area contributed by atoms with Crippen LogP contribution in [0.15, 0.2) is 48.7 Å². The molecule has 2 heterocycles. The molecule has 1 fully saturated rings. The van der Waals surface area contributed by atoms with Gasteiger partial charge in [0.1, 0.15) is 0 Å². The predicted octanol–water partition coefficient (Wildman–Crippen LogP) is 2.28. The maximum Gasteiger partial charge on any atom is 0.0702 e. The molecule has 1 aromatic heterocycles. The van der Waals surface area contributed by atoms with Crippen molar-refractivity contribution in [2.24, 2.45) is 0 Å². The van der Waals surface area contributed by atoms with E-state index in [-0.39, 0.29) is 0 Å². The molecule has 2 aromatic rings. The highest BCUT2D eigenvalue weighted by molar-refractivity contribution is 5.59. The molecule has 1 atom stereocenters. The molecule has 3 nitrogen and oxygen atoms in total. The molecule has 0 amide bonds. The summed E-state index contributed by atoms with van der Waals surface area (Å²) >= 11 is 0. The fourth-order valence-electron chi connectivity index (χ4n) is 2.43. The molecule has 3 heteroatoms. The number of hydrogen-bond donors (Lipinski definition) is 1. The van der Waals surface area contributed by atoms with E-state index in [4.69, 9.17) is 4.74 Å². The SMILES string of the molecule is c1ccc(-c2cccc(C[C@@H]3COCCN3)c2)nc1. The Bertz CT molecular complexity index is 521. The number of ether oxygens (including phenoxy) is 1. The van der Waals surface area contributed by atoms with Crippen LogP contribution in [-0.4, -0.2) is 30.8 Å². The van der Waals surface area contributed by atoms with Crippen LogP contribution in [0.4, 0.5) is 0 Å². The molecule has 1 N–H and O–H groups in total. The maximum absolute atomic E-state index is 5.49. The third-order valence-corrected chi connectivity index (χ3v) is 3.37. The second kappa shape index (κ2) is 5.95. The normalized spacial score (nSPS) is 19.3. The van der Waals surface area contributed by atoms with Gasteiger partial charge in [0, 0.05) is 24.3 Å². The van der Waals surface area contributed by atoms with E-state index in [1.807, 2.05) is 24.4 Å². The van der Waals surface area contributed by atoms with Gasteiger partial charge in [-0.25, -0.2) is 0 Å². The number of morpholine rings is 1. The molecule has 0 radical (unpaired) electrons. The number of rotatable bonds is 3. The number of nitrogens with one attached hydrogen (secondary N) is 1. The van der Waals surface area contributed by atoms with E-state index in [1.165, 1.54) is 11.1 Å². The second-order valence-electron chi connectivity index (χ2n) is 4.85. The van der Waals surface area contributed by atoms with Gasteiger partial charge in [0.25, 0.3) is 0 Å². The van der Waals surface area contributed by atoms with Gasteiger partial charge < -0.3 is 10.1 Å². The Balaban J connectivity index is 1.76. The topological polar surface area (TPSA) is 34.1 Å². The van der Waals surface area contributed by atoms with Crippen LogP contribution in [0.25, 0.3) is 11.3 Å². The van der Waals surface area contributed by atoms with E-state index in [1.54, 1.807) is 0 Å². The molecule has 1 aromatic carbocycles. The number of nitrogens with zero attached hydrogens (tertiary/aromatic N) is 1. The molecule has 0 bridgehead atoms. The van der Waals surface area contributed by atoms with Crippen LogP contribution in [0.1, 0.15) is 5.56 Å². The van der Waals surface area contributed by atoms with Crippen molar-refractivity contribution in [1.29, 1.82) is 0 Å². The molecule has 1 saturated heterocycles. The summed E-state index contributed by atoms with van der Waals surface area (Å²) in [4.78, 5) is 4.40. The van der Waals surface area contributed by atoms with Crippen molar-refractivity contribution in [2.75, 3.05) is 19.8 Å². The lowest BCUT2D eigenvalue weighted by Gasteiger charge is -2.23. The summed E-state index contributed by atoms with van der Waals surface area (Å²) in [5, 5.41) is 3.49. The highest BCUT2D eigenvalue weighted by Crippen LogP contribution is 2.18. The Morgan fingerprint density at radius 3 is 3.00 bits per heavy atom. The van der Waals surface area contributed by atoms with Crippen molar-refractivity contribution in [2.45, 2.75) is 12.5 Å². The lowest BCUT2D eigenvalue weighted by molar-refractivity contribution is 0.0770. The highest BCUT2D eigenvalue weighted by atomic mass is 16.5. The van der Waals surface area contributed by atoms with Crippen molar-refractivity contribution in [3.63, 3.8) is 0 Å². The third-order valence-electron chi connectivity index (χ3n) is 3.37. The summed E-state index contributed by atoms with van der Waals surface area (Å²) in [6.07, 6.45) is 2.83. The Morgan fingerprint density at radius 2 is 2.21 bits per heavy atom. The standard InChI is InChI=1S/C16H18N2O/c1-2-7-18-16(6-1)14-5-3-4-13(10-14)11-15-12-19-9-8-17-15/h1-7,10,15,17H,8-9,11-12H2/t15-/m1/s1. The number of hydrogen-bond acceptors (Lipinski definition) is 3. The first-order valence-electron chi connectivity index (χ1n) is 6.73. The van der Waals surface area contributed by atoms with Gasteiger partial charge in [0.2, 0.25) is 0 Å². The minimum absolute atomic E-state index is 0.424. The molecule has 0 aliphatic carbocycles. The Hall–Kier alpha value is -1.71. The third kappa shape index (κ3) is 3.19. The maximum atomic E-state index is 5.49. The molecule has 0 saturated carbocycles. The summed E-state index contributed by atoms with van der Waals surface area (Å²) in [6.45, 7) is 2.57. The van der Waals surface area contributed by atoms with Crippen LogP contribution < -0.4 is 5.32 Å². The lowest BCUT2D eigenvalue weighted by atomic mass is 10.0. The van der Waals surface area contributed by atoms with E-state index in [9.17, 15) is 0 Å². The fourth-order valence-corrected chi connectivity index (χ4v) is 2.43. The molecule has 0 unspecified atom stereocenters. The fraction of sp³-hybridized carbons (Fsp3) is 0.312. The van der Waals surface area contributed by atoms with Crippen molar-refractivity contribution >= 4 is 0 Å². The molecule has 3 rings (SSSR count). The first-order valence-corrected chi connectivity index (χ1v) is 6.73. The van der Waals surface area contributed by atoms with Gasteiger partial charge >= 0.3 is 0 Å². The largest absolute Gasteiger partial charge is 0.379 e. The minimum Gasteiger partial charge on any atom is -0.379 e. The van der Waals surface area contributed by atoms with Crippen LogP contribution in [0.5, 0.6) is 0 Å².